The monoisotopic (exact) mass is 346 g/mol. The van der Waals surface area contributed by atoms with Crippen LogP contribution < -0.4 is 4.74 Å². The van der Waals surface area contributed by atoms with Crippen molar-refractivity contribution in [1.82, 2.24) is 9.88 Å². The highest BCUT2D eigenvalue weighted by molar-refractivity contribution is 5.94. The van der Waals surface area contributed by atoms with Crippen molar-refractivity contribution in [3.8, 4) is 17.6 Å². The van der Waals surface area contributed by atoms with Gasteiger partial charge in [-0.2, -0.15) is 0 Å². The molecule has 3 rings (SSSR count). The molecule has 1 fully saturated rings. The molecule has 0 unspecified atom stereocenters. The van der Waals surface area contributed by atoms with Gasteiger partial charge in [0, 0.05) is 24.3 Å². The number of aryl methyl sites for hydroxylation is 1. The summed E-state index contributed by atoms with van der Waals surface area (Å²) >= 11 is 0. The molecule has 0 bridgehead atoms. The zero-order valence-corrected chi connectivity index (χ0v) is 15.2. The Balaban J connectivity index is 1.59. The summed E-state index contributed by atoms with van der Waals surface area (Å²) < 4.78 is 5.20. The molecular weight excluding hydrogens is 324 g/mol. The lowest BCUT2D eigenvalue weighted by molar-refractivity contribution is 0.0743. The number of piperidine rings is 1. The maximum Gasteiger partial charge on any atom is 0.254 e. The lowest BCUT2D eigenvalue weighted by Gasteiger charge is -2.28. The number of allylic oxidation sites excluding steroid dienone is 1. The number of ether oxygens (including phenoxy) is 1. The third kappa shape index (κ3) is 4.52. The minimum Gasteiger partial charge on any atom is -0.497 e. The van der Waals surface area contributed by atoms with Gasteiger partial charge in [0.1, 0.15) is 11.4 Å². The van der Waals surface area contributed by atoms with Gasteiger partial charge in [0.05, 0.1) is 7.11 Å². The van der Waals surface area contributed by atoms with Gasteiger partial charge in [-0.15, -0.1) is 0 Å². The van der Waals surface area contributed by atoms with Crippen LogP contribution in [0.1, 0.15) is 34.6 Å². The zero-order valence-electron chi connectivity index (χ0n) is 15.2. The van der Waals surface area contributed by atoms with Crippen molar-refractivity contribution in [3.05, 3.63) is 71.1 Å². The van der Waals surface area contributed by atoms with Gasteiger partial charge >= 0.3 is 0 Å². The van der Waals surface area contributed by atoms with Gasteiger partial charge in [-0.3, -0.25) is 4.79 Å². The van der Waals surface area contributed by atoms with E-state index in [0.717, 1.165) is 24.2 Å². The van der Waals surface area contributed by atoms with E-state index in [0.29, 0.717) is 24.4 Å². The largest absolute Gasteiger partial charge is 0.497 e. The number of benzene rings is 1. The molecule has 0 atom stereocenters. The van der Waals surface area contributed by atoms with Crippen LogP contribution in [0.2, 0.25) is 0 Å². The second kappa shape index (κ2) is 8.35. The average Bonchev–Trinajstić information content (AvgIpc) is 2.68. The molecule has 2 heterocycles. The second-order valence-corrected chi connectivity index (χ2v) is 6.26. The number of pyridine rings is 1. The summed E-state index contributed by atoms with van der Waals surface area (Å²) in [6, 6.07) is 13.1. The van der Waals surface area contributed by atoms with Crippen molar-refractivity contribution in [2.75, 3.05) is 20.2 Å². The molecule has 0 saturated carbocycles. The predicted octanol–water partition coefficient (Wildman–Crippen LogP) is 3.61. The van der Waals surface area contributed by atoms with E-state index >= 15 is 0 Å². The Morgan fingerprint density at radius 1 is 1.19 bits per heavy atom. The molecule has 1 aromatic carbocycles. The molecule has 1 saturated heterocycles. The molecule has 0 radical (unpaired) electrons. The Hall–Kier alpha value is -3.06. The number of carbonyl (C=O) groups excluding carboxylic acids is 1. The quantitative estimate of drug-likeness (QED) is 0.780. The number of rotatable bonds is 2. The van der Waals surface area contributed by atoms with Crippen LogP contribution in [0.5, 0.6) is 5.75 Å². The Morgan fingerprint density at radius 3 is 2.69 bits per heavy atom. The normalized spacial score (nSPS) is 13.6. The van der Waals surface area contributed by atoms with Gasteiger partial charge in [-0.25, -0.2) is 4.98 Å². The summed E-state index contributed by atoms with van der Waals surface area (Å²) in [6.45, 7) is 3.39. The highest BCUT2D eigenvalue weighted by atomic mass is 16.5. The molecule has 0 aliphatic carbocycles. The summed E-state index contributed by atoms with van der Waals surface area (Å²) in [5, 5.41) is 0. The minimum atomic E-state index is 0.0537. The lowest BCUT2D eigenvalue weighted by Crippen LogP contribution is -2.36. The molecule has 1 aliphatic rings. The third-order valence-electron chi connectivity index (χ3n) is 4.37. The van der Waals surface area contributed by atoms with E-state index in [1.165, 1.54) is 5.57 Å². The molecule has 132 valence electrons. The highest BCUT2D eigenvalue weighted by Crippen LogP contribution is 2.20. The van der Waals surface area contributed by atoms with Gasteiger partial charge in [0.2, 0.25) is 0 Å². The number of amides is 1. The smallest absolute Gasteiger partial charge is 0.254 e. The van der Waals surface area contributed by atoms with Crippen molar-refractivity contribution < 1.29 is 9.53 Å². The van der Waals surface area contributed by atoms with Crippen molar-refractivity contribution in [2.24, 2.45) is 0 Å². The van der Waals surface area contributed by atoms with Gasteiger partial charge in [0.25, 0.3) is 5.91 Å². The van der Waals surface area contributed by atoms with E-state index in [2.05, 4.69) is 16.8 Å². The molecule has 1 aliphatic heterocycles. The van der Waals surface area contributed by atoms with Gasteiger partial charge < -0.3 is 9.64 Å². The number of aromatic nitrogens is 1. The van der Waals surface area contributed by atoms with Crippen LogP contribution in [0.25, 0.3) is 0 Å². The summed E-state index contributed by atoms with van der Waals surface area (Å²) in [4.78, 5) is 18.9. The van der Waals surface area contributed by atoms with Gasteiger partial charge in [0.15, 0.2) is 0 Å². The molecule has 4 heteroatoms. The highest BCUT2D eigenvalue weighted by Gasteiger charge is 2.20. The first-order chi connectivity index (χ1) is 12.7. The number of hydrogen-bond donors (Lipinski definition) is 0. The van der Waals surface area contributed by atoms with Crippen LogP contribution >= 0.6 is 0 Å². The zero-order chi connectivity index (χ0) is 18.4. The van der Waals surface area contributed by atoms with Crippen LogP contribution in [-0.2, 0) is 0 Å². The van der Waals surface area contributed by atoms with Crippen LogP contribution in [-0.4, -0.2) is 36.0 Å². The Bertz CT molecular complexity index is 880. The number of hydrogen-bond acceptors (Lipinski definition) is 3. The number of nitrogens with zero attached hydrogens (tertiary/aromatic N) is 2. The molecule has 26 heavy (non-hydrogen) atoms. The first-order valence-electron chi connectivity index (χ1n) is 8.72. The fourth-order valence-electron chi connectivity index (χ4n) is 2.90. The summed E-state index contributed by atoms with van der Waals surface area (Å²) in [6.07, 6.45) is 3.68. The van der Waals surface area contributed by atoms with Crippen molar-refractivity contribution >= 4 is 5.91 Å². The van der Waals surface area contributed by atoms with Crippen molar-refractivity contribution in [2.45, 2.75) is 19.8 Å². The molecule has 4 nitrogen and oxygen atoms in total. The van der Waals surface area contributed by atoms with E-state index < -0.39 is 0 Å². The predicted molar refractivity (Wildman–Crippen MR) is 102 cm³/mol. The lowest BCUT2D eigenvalue weighted by atomic mass is 10.0. The fourth-order valence-corrected chi connectivity index (χ4v) is 2.90. The third-order valence-corrected chi connectivity index (χ3v) is 4.37. The van der Waals surface area contributed by atoms with E-state index in [1.807, 2.05) is 54.3 Å². The Morgan fingerprint density at radius 2 is 1.96 bits per heavy atom. The average molecular weight is 346 g/mol. The van der Waals surface area contributed by atoms with Crippen molar-refractivity contribution in [3.63, 3.8) is 0 Å². The standard InChI is InChI=1S/C22H22N2O2/c1-17-6-3-9-20(23-17)10-4-7-18-12-14-24(15-13-18)22(25)19-8-5-11-21(16-19)26-2/h3,5-9,11,16H,12-15H2,1-2H3. The number of methoxy groups -OCH3 is 1. The van der Waals surface area contributed by atoms with E-state index in [1.54, 1.807) is 13.2 Å². The first-order valence-corrected chi connectivity index (χ1v) is 8.72. The molecule has 1 amide bonds. The SMILES string of the molecule is COc1cccc(C(=O)N2CCC(=CC#Cc3cccc(C)n3)CC2)c1. The van der Waals surface area contributed by atoms with Crippen LogP contribution in [0.3, 0.4) is 0 Å². The molecule has 1 aromatic heterocycles. The summed E-state index contributed by atoms with van der Waals surface area (Å²) in [5.41, 5.74) is 3.70. The minimum absolute atomic E-state index is 0.0537. The summed E-state index contributed by atoms with van der Waals surface area (Å²) in [5.74, 6) is 6.92. The van der Waals surface area contributed by atoms with Crippen LogP contribution in [0.15, 0.2) is 54.1 Å². The second-order valence-electron chi connectivity index (χ2n) is 6.26. The first kappa shape index (κ1) is 17.8. The van der Waals surface area contributed by atoms with Gasteiger partial charge in [-0.05, 0) is 62.1 Å². The summed E-state index contributed by atoms with van der Waals surface area (Å²) in [7, 11) is 1.61. The maximum atomic E-state index is 12.6. The van der Waals surface area contributed by atoms with Crippen molar-refractivity contribution in [1.29, 1.82) is 0 Å². The molecule has 2 aromatic rings. The Kier molecular flexibility index (Phi) is 5.70. The Labute approximate surface area is 154 Å². The van der Waals surface area contributed by atoms with Gasteiger partial charge in [-0.1, -0.05) is 23.6 Å². The molecule has 0 spiro atoms. The topological polar surface area (TPSA) is 42.4 Å². The van der Waals surface area contributed by atoms with E-state index in [4.69, 9.17) is 4.74 Å². The van der Waals surface area contributed by atoms with E-state index in [-0.39, 0.29) is 5.91 Å². The maximum absolute atomic E-state index is 12.6. The fraction of sp³-hybridized carbons (Fsp3) is 0.273. The van der Waals surface area contributed by atoms with Crippen LogP contribution in [0, 0.1) is 18.8 Å². The van der Waals surface area contributed by atoms with Crippen LogP contribution in [0.4, 0.5) is 0 Å². The molecule has 0 N–H and O–H groups in total. The van der Waals surface area contributed by atoms with E-state index in [9.17, 15) is 4.79 Å². The number of likely N-dealkylation sites (tertiary alicyclic amines) is 1. The molecular formula is C22H22N2O2. The number of carbonyl (C=O) groups is 1.